The predicted octanol–water partition coefficient (Wildman–Crippen LogP) is 3.38. The number of hydrogen-bond acceptors (Lipinski definition) is 5. The van der Waals surface area contributed by atoms with Gasteiger partial charge in [0.15, 0.2) is 11.0 Å². The second-order valence-electron chi connectivity index (χ2n) is 5.19. The van der Waals surface area contributed by atoms with Crippen molar-refractivity contribution >= 4 is 29.3 Å². The molecule has 3 rings (SSSR count). The Kier molecular flexibility index (Phi) is 6.04. The molecule has 0 aliphatic heterocycles. The summed E-state index contributed by atoms with van der Waals surface area (Å²) in [6, 6.07) is 13.0. The molecule has 132 valence electrons. The molecule has 2 heterocycles. The quantitative estimate of drug-likeness (QED) is 0.498. The summed E-state index contributed by atoms with van der Waals surface area (Å²) in [5.74, 6) is 0.661. The number of carbonyl (C=O) groups excluding carboxylic acids is 1. The first-order valence-electron chi connectivity index (χ1n) is 7.83. The van der Waals surface area contributed by atoms with Gasteiger partial charge in [-0.15, -0.1) is 16.8 Å². The van der Waals surface area contributed by atoms with E-state index in [9.17, 15) is 4.79 Å². The number of thioether (sulfide) groups is 1. The first kappa shape index (κ1) is 18.2. The van der Waals surface area contributed by atoms with Gasteiger partial charge in [0.25, 0.3) is 0 Å². The molecular weight excluding hydrogens is 370 g/mol. The molecule has 1 N–H and O–H groups in total. The summed E-state index contributed by atoms with van der Waals surface area (Å²) in [6.45, 7) is 4.01. The first-order chi connectivity index (χ1) is 12.7. The molecule has 6 nitrogen and oxygen atoms in total. The van der Waals surface area contributed by atoms with E-state index < -0.39 is 0 Å². The standard InChI is InChI=1S/C18H16ClN5OS/c1-2-10-21-16(25)12-26-18-23-22-17(14-8-5-6-11-20-14)24(18)15-9-4-3-7-13(15)19/h2-9,11H,1,10,12H2,(H,21,25). The van der Waals surface area contributed by atoms with Crippen molar-refractivity contribution in [3.05, 3.63) is 66.3 Å². The molecule has 2 aromatic heterocycles. The summed E-state index contributed by atoms with van der Waals surface area (Å²) in [5, 5.41) is 12.4. The number of hydrogen-bond donors (Lipinski definition) is 1. The zero-order valence-electron chi connectivity index (χ0n) is 13.8. The molecule has 0 aliphatic carbocycles. The number of halogens is 1. The molecule has 0 radical (unpaired) electrons. The van der Waals surface area contributed by atoms with Crippen molar-refractivity contribution in [2.45, 2.75) is 5.16 Å². The second kappa shape index (κ2) is 8.64. The molecule has 1 aromatic carbocycles. The van der Waals surface area contributed by atoms with E-state index in [1.807, 2.05) is 41.0 Å². The van der Waals surface area contributed by atoms with Crippen LogP contribution in [0.2, 0.25) is 5.02 Å². The molecule has 1 amide bonds. The Hall–Kier alpha value is -2.64. The molecular formula is C18H16ClN5OS. The van der Waals surface area contributed by atoms with Crippen LogP contribution < -0.4 is 5.32 Å². The van der Waals surface area contributed by atoms with Crippen molar-refractivity contribution in [1.29, 1.82) is 0 Å². The van der Waals surface area contributed by atoms with Gasteiger partial charge in [0, 0.05) is 12.7 Å². The topological polar surface area (TPSA) is 72.7 Å². The van der Waals surface area contributed by atoms with Gasteiger partial charge in [-0.2, -0.15) is 0 Å². The number of benzene rings is 1. The summed E-state index contributed by atoms with van der Waals surface area (Å²) in [5.41, 5.74) is 1.40. The maximum Gasteiger partial charge on any atom is 0.230 e. The largest absolute Gasteiger partial charge is 0.352 e. The third-order valence-corrected chi connectivity index (χ3v) is 4.65. The number of carbonyl (C=O) groups is 1. The summed E-state index contributed by atoms with van der Waals surface area (Å²) < 4.78 is 1.82. The van der Waals surface area contributed by atoms with Crippen LogP contribution in [-0.2, 0) is 4.79 Å². The average Bonchev–Trinajstić information content (AvgIpc) is 3.09. The van der Waals surface area contributed by atoms with Gasteiger partial charge in [0.2, 0.25) is 5.91 Å². The van der Waals surface area contributed by atoms with Crippen LogP contribution in [0, 0.1) is 0 Å². The third kappa shape index (κ3) is 4.12. The van der Waals surface area contributed by atoms with Gasteiger partial charge < -0.3 is 5.32 Å². The molecule has 0 fully saturated rings. The highest BCUT2D eigenvalue weighted by Crippen LogP contribution is 2.30. The lowest BCUT2D eigenvalue weighted by molar-refractivity contribution is -0.118. The normalized spacial score (nSPS) is 10.5. The van der Waals surface area contributed by atoms with Crippen LogP contribution in [0.25, 0.3) is 17.2 Å². The minimum absolute atomic E-state index is 0.108. The zero-order valence-corrected chi connectivity index (χ0v) is 15.4. The SMILES string of the molecule is C=CCNC(=O)CSc1nnc(-c2ccccn2)n1-c1ccccc1Cl. The molecule has 0 aliphatic rings. The third-order valence-electron chi connectivity index (χ3n) is 3.40. The van der Waals surface area contributed by atoms with E-state index in [0.717, 1.165) is 5.69 Å². The Labute approximate surface area is 160 Å². The van der Waals surface area contributed by atoms with Crippen molar-refractivity contribution in [3.63, 3.8) is 0 Å². The first-order valence-corrected chi connectivity index (χ1v) is 9.19. The summed E-state index contributed by atoms with van der Waals surface area (Å²) in [7, 11) is 0. The minimum atomic E-state index is -0.108. The summed E-state index contributed by atoms with van der Waals surface area (Å²) in [4.78, 5) is 16.2. The molecule has 26 heavy (non-hydrogen) atoms. The molecule has 0 atom stereocenters. The number of nitrogens with one attached hydrogen (secondary N) is 1. The Bertz CT molecular complexity index is 913. The van der Waals surface area contributed by atoms with Crippen LogP contribution in [-0.4, -0.2) is 38.0 Å². The monoisotopic (exact) mass is 385 g/mol. The lowest BCUT2D eigenvalue weighted by Crippen LogP contribution is -2.25. The van der Waals surface area contributed by atoms with Gasteiger partial charge in [0.05, 0.1) is 16.5 Å². The van der Waals surface area contributed by atoms with Gasteiger partial charge in [-0.1, -0.05) is 47.6 Å². The second-order valence-corrected chi connectivity index (χ2v) is 6.54. The summed E-state index contributed by atoms with van der Waals surface area (Å²) in [6.07, 6.45) is 3.32. The number of para-hydroxylation sites is 1. The Morgan fingerprint density at radius 1 is 1.23 bits per heavy atom. The highest BCUT2D eigenvalue weighted by molar-refractivity contribution is 7.99. The van der Waals surface area contributed by atoms with Gasteiger partial charge >= 0.3 is 0 Å². The van der Waals surface area contributed by atoms with Gasteiger partial charge in [-0.3, -0.25) is 14.3 Å². The lowest BCUT2D eigenvalue weighted by atomic mass is 10.3. The van der Waals surface area contributed by atoms with Crippen molar-refractivity contribution in [3.8, 4) is 17.2 Å². The Morgan fingerprint density at radius 3 is 2.77 bits per heavy atom. The number of pyridine rings is 1. The highest BCUT2D eigenvalue weighted by Gasteiger charge is 2.19. The van der Waals surface area contributed by atoms with Crippen molar-refractivity contribution in [2.75, 3.05) is 12.3 Å². The van der Waals surface area contributed by atoms with E-state index in [0.29, 0.717) is 28.2 Å². The molecule has 0 saturated carbocycles. The Balaban J connectivity index is 1.97. The molecule has 8 heteroatoms. The van der Waals surface area contributed by atoms with Gasteiger partial charge in [-0.25, -0.2) is 0 Å². The minimum Gasteiger partial charge on any atom is -0.352 e. The smallest absolute Gasteiger partial charge is 0.230 e. The maximum atomic E-state index is 11.9. The molecule has 0 unspecified atom stereocenters. The number of amides is 1. The van der Waals surface area contributed by atoms with Crippen LogP contribution in [0.3, 0.4) is 0 Å². The fourth-order valence-electron chi connectivity index (χ4n) is 2.24. The number of nitrogens with zero attached hydrogens (tertiary/aromatic N) is 4. The van der Waals surface area contributed by atoms with E-state index in [4.69, 9.17) is 11.6 Å². The van der Waals surface area contributed by atoms with E-state index in [-0.39, 0.29) is 11.7 Å². The number of rotatable bonds is 7. The van der Waals surface area contributed by atoms with Crippen LogP contribution in [0.5, 0.6) is 0 Å². The lowest BCUT2D eigenvalue weighted by Gasteiger charge is -2.11. The average molecular weight is 386 g/mol. The predicted molar refractivity (Wildman–Crippen MR) is 104 cm³/mol. The van der Waals surface area contributed by atoms with Crippen LogP contribution in [0.1, 0.15) is 0 Å². The number of aromatic nitrogens is 4. The van der Waals surface area contributed by atoms with Crippen molar-refractivity contribution < 1.29 is 4.79 Å². The Morgan fingerprint density at radius 2 is 2.04 bits per heavy atom. The van der Waals surface area contributed by atoms with E-state index in [2.05, 4.69) is 27.1 Å². The highest BCUT2D eigenvalue weighted by atomic mass is 35.5. The molecule has 0 spiro atoms. The fourth-order valence-corrected chi connectivity index (χ4v) is 3.24. The van der Waals surface area contributed by atoms with Gasteiger partial charge in [0.1, 0.15) is 5.69 Å². The zero-order chi connectivity index (χ0) is 18.4. The van der Waals surface area contributed by atoms with Crippen molar-refractivity contribution in [1.82, 2.24) is 25.1 Å². The van der Waals surface area contributed by atoms with Crippen LogP contribution >= 0.6 is 23.4 Å². The van der Waals surface area contributed by atoms with E-state index >= 15 is 0 Å². The fraction of sp³-hybridized carbons (Fsp3) is 0.111. The van der Waals surface area contributed by atoms with Crippen molar-refractivity contribution in [2.24, 2.45) is 0 Å². The van der Waals surface area contributed by atoms with Crippen LogP contribution in [0.4, 0.5) is 0 Å². The summed E-state index contributed by atoms with van der Waals surface area (Å²) >= 11 is 7.66. The molecule has 0 saturated heterocycles. The molecule has 0 bridgehead atoms. The van der Waals surface area contributed by atoms with Gasteiger partial charge in [-0.05, 0) is 24.3 Å². The van der Waals surface area contributed by atoms with Crippen LogP contribution in [0.15, 0.2) is 66.5 Å². The van der Waals surface area contributed by atoms with E-state index in [1.54, 1.807) is 18.3 Å². The van der Waals surface area contributed by atoms with E-state index in [1.165, 1.54) is 11.8 Å². The molecule has 3 aromatic rings. The maximum absolute atomic E-state index is 11.9.